The van der Waals surface area contributed by atoms with Gasteiger partial charge in [0.15, 0.2) is 5.82 Å². The Hall–Kier alpha value is -1.72. The Balaban J connectivity index is 1.71. The lowest BCUT2D eigenvalue weighted by Gasteiger charge is -2.09. The molecule has 1 atom stereocenters. The molecule has 1 N–H and O–H groups in total. The fraction of sp³-hybridized carbons (Fsp3) is 0.286. The highest BCUT2D eigenvalue weighted by molar-refractivity contribution is 7.19. The van der Waals surface area contributed by atoms with Crippen LogP contribution < -0.4 is 5.32 Å². The first-order valence-electron chi connectivity index (χ1n) is 6.29. The smallest absolute Gasteiger partial charge is 0.164 e. The summed E-state index contributed by atoms with van der Waals surface area (Å²) in [4.78, 5) is 5.56. The van der Waals surface area contributed by atoms with Crippen LogP contribution in [0.25, 0.3) is 10.1 Å². The average molecular weight is 272 g/mol. The monoisotopic (exact) mass is 272 g/mol. The lowest BCUT2D eigenvalue weighted by Crippen LogP contribution is -2.18. The number of nitrogens with zero attached hydrogens (tertiary/aromatic N) is 3. The number of nitrogens with one attached hydrogen (secondary N) is 1. The Bertz CT molecular complexity index is 652. The Morgan fingerprint density at radius 1 is 1.37 bits per heavy atom. The SMILES string of the molecule is CC(NCc1ncn(C)n1)c1cc2ccccc2s1. The standard InChI is InChI=1S/C14H16N4S/c1-10(15-8-14-16-9-18(2)17-14)13-7-11-5-3-4-6-12(11)19-13/h3-7,9-10,15H,8H2,1-2H3. The second-order valence-corrected chi connectivity index (χ2v) is 5.74. The fourth-order valence-electron chi connectivity index (χ4n) is 2.03. The molecular weight excluding hydrogens is 256 g/mol. The number of aromatic nitrogens is 3. The third-order valence-electron chi connectivity index (χ3n) is 3.08. The van der Waals surface area contributed by atoms with Gasteiger partial charge in [-0.15, -0.1) is 11.3 Å². The van der Waals surface area contributed by atoms with E-state index < -0.39 is 0 Å². The zero-order chi connectivity index (χ0) is 13.2. The number of benzene rings is 1. The molecule has 1 unspecified atom stereocenters. The number of hydrogen-bond acceptors (Lipinski definition) is 4. The molecule has 4 nitrogen and oxygen atoms in total. The van der Waals surface area contributed by atoms with Gasteiger partial charge in [0, 0.05) is 22.7 Å². The van der Waals surface area contributed by atoms with Crippen LogP contribution in [-0.2, 0) is 13.6 Å². The summed E-state index contributed by atoms with van der Waals surface area (Å²) in [5.41, 5.74) is 0. The van der Waals surface area contributed by atoms with E-state index in [1.54, 1.807) is 11.0 Å². The molecular formula is C14H16N4S. The van der Waals surface area contributed by atoms with E-state index in [2.05, 4.69) is 52.7 Å². The number of aryl methyl sites for hydroxylation is 1. The molecule has 0 radical (unpaired) electrons. The van der Waals surface area contributed by atoms with Crippen molar-refractivity contribution in [2.24, 2.45) is 7.05 Å². The summed E-state index contributed by atoms with van der Waals surface area (Å²) < 4.78 is 3.06. The molecule has 0 amide bonds. The molecule has 98 valence electrons. The summed E-state index contributed by atoms with van der Waals surface area (Å²) in [6, 6.07) is 11.0. The largest absolute Gasteiger partial charge is 0.302 e. The molecule has 0 aliphatic heterocycles. The predicted octanol–water partition coefficient (Wildman–Crippen LogP) is 2.88. The van der Waals surface area contributed by atoms with Gasteiger partial charge >= 0.3 is 0 Å². The van der Waals surface area contributed by atoms with E-state index in [-0.39, 0.29) is 0 Å². The molecule has 0 fully saturated rings. The van der Waals surface area contributed by atoms with Crippen molar-refractivity contribution in [3.8, 4) is 0 Å². The van der Waals surface area contributed by atoms with Crippen molar-refractivity contribution in [2.45, 2.75) is 19.5 Å². The second-order valence-electron chi connectivity index (χ2n) is 4.62. The first kappa shape index (κ1) is 12.3. The lowest BCUT2D eigenvalue weighted by molar-refractivity contribution is 0.563. The quantitative estimate of drug-likeness (QED) is 0.794. The van der Waals surface area contributed by atoms with Gasteiger partial charge in [-0.2, -0.15) is 5.10 Å². The van der Waals surface area contributed by atoms with Gasteiger partial charge in [0.2, 0.25) is 0 Å². The molecule has 3 aromatic rings. The minimum atomic E-state index is 0.307. The third kappa shape index (κ3) is 2.67. The topological polar surface area (TPSA) is 42.7 Å². The lowest BCUT2D eigenvalue weighted by atomic mass is 10.2. The zero-order valence-corrected chi connectivity index (χ0v) is 11.8. The summed E-state index contributed by atoms with van der Waals surface area (Å²) in [5.74, 6) is 0.829. The van der Waals surface area contributed by atoms with Crippen LogP contribution in [0.3, 0.4) is 0 Å². The van der Waals surface area contributed by atoms with Crippen molar-refractivity contribution in [2.75, 3.05) is 0 Å². The maximum absolute atomic E-state index is 4.27. The van der Waals surface area contributed by atoms with Gasteiger partial charge < -0.3 is 5.32 Å². The predicted molar refractivity (Wildman–Crippen MR) is 78.1 cm³/mol. The molecule has 2 heterocycles. The summed E-state index contributed by atoms with van der Waals surface area (Å²) in [5, 5.41) is 9.04. The number of fused-ring (bicyclic) bond motifs is 1. The first-order valence-corrected chi connectivity index (χ1v) is 7.10. The maximum Gasteiger partial charge on any atom is 0.164 e. The Morgan fingerprint density at radius 3 is 2.95 bits per heavy atom. The Morgan fingerprint density at radius 2 is 2.21 bits per heavy atom. The molecule has 0 saturated carbocycles. The Kier molecular flexibility index (Phi) is 3.31. The summed E-state index contributed by atoms with van der Waals surface area (Å²) in [7, 11) is 1.88. The van der Waals surface area contributed by atoms with Crippen LogP contribution in [-0.4, -0.2) is 14.8 Å². The molecule has 0 spiro atoms. The number of thiophene rings is 1. The maximum atomic E-state index is 4.27. The van der Waals surface area contributed by atoms with Gasteiger partial charge in [-0.1, -0.05) is 18.2 Å². The van der Waals surface area contributed by atoms with Crippen LogP contribution in [0.5, 0.6) is 0 Å². The van der Waals surface area contributed by atoms with Crippen molar-refractivity contribution in [3.05, 3.63) is 47.4 Å². The van der Waals surface area contributed by atoms with E-state index >= 15 is 0 Å². The molecule has 3 rings (SSSR count). The van der Waals surface area contributed by atoms with Gasteiger partial charge in [0.25, 0.3) is 0 Å². The minimum absolute atomic E-state index is 0.307. The van der Waals surface area contributed by atoms with Gasteiger partial charge in [-0.3, -0.25) is 4.68 Å². The third-order valence-corrected chi connectivity index (χ3v) is 4.38. The van der Waals surface area contributed by atoms with Crippen molar-refractivity contribution in [3.63, 3.8) is 0 Å². The molecule has 19 heavy (non-hydrogen) atoms. The Labute approximate surface area is 116 Å². The van der Waals surface area contributed by atoms with E-state index in [0.717, 1.165) is 5.82 Å². The average Bonchev–Trinajstić information content (AvgIpc) is 3.01. The van der Waals surface area contributed by atoms with Gasteiger partial charge in [0.05, 0.1) is 6.54 Å². The van der Waals surface area contributed by atoms with Gasteiger partial charge in [-0.05, 0) is 24.4 Å². The number of hydrogen-bond donors (Lipinski definition) is 1. The van der Waals surface area contributed by atoms with Crippen LogP contribution in [0.15, 0.2) is 36.7 Å². The molecule has 1 aromatic carbocycles. The van der Waals surface area contributed by atoms with E-state index in [1.807, 2.05) is 18.4 Å². The first-order chi connectivity index (χ1) is 9.22. The summed E-state index contributed by atoms with van der Waals surface area (Å²) in [6.45, 7) is 2.86. The van der Waals surface area contributed by atoms with Crippen molar-refractivity contribution < 1.29 is 0 Å². The molecule has 5 heteroatoms. The van der Waals surface area contributed by atoms with Crippen molar-refractivity contribution in [1.82, 2.24) is 20.1 Å². The number of rotatable bonds is 4. The highest BCUT2D eigenvalue weighted by Gasteiger charge is 2.10. The van der Waals surface area contributed by atoms with Crippen molar-refractivity contribution in [1.29, 1.82) is 0 Å². The molecule has 0 saturated heterocycles. The normalized spacial score (nSPS) is 12.9. The molecule has 0 aliphatic rings. The summed E-state index contributed by atoms with van der Waals surface area (Å²) in [6.07, 6.45) is 1.72. The second kappa shape index (κ2) is 5.11. The van der Waals surface area contributed by atoms with Crippen LogP contribution in [0.2, 0.25) is 0 Å². The van der Waals surface area contributed by atoms with Crippen LogP contribution in [0.1, 0.15) is 23.7 Å². The minimum Gasteiger partial charge on any atom is -0.302 e. The van der Waals surface area contributed by atoms with Crippen LogP contribution in [0, 0.1) is 0 Å². The van der Waals surface area contributed by atoms with Gasteiger partial charge in [-0.25, -0.2) is 4.98 Å². The van der Waals surface area contributed by atoms with Crippen molar-refractivity contribution >= 4 is 21.4 Å². The van der Waals surface area contributed by atoms with Crippen LogP contribution >= 0.6 is 11.3 Å². The van der Waals surface area contributed by atoms with Gasteiger partial charge in [0.1, 0.15) is 6.33 Å². The highest BCUT2D eigenvalue weighted by atomic mass is 32.1. The summed E-state index contributed by atoms with van der Waals surface area (Å²) >= 11 is 1.84. The van der Waals surface area contributed by atoms with E-state index in [0.29, 0.717) is 12.6 Å². The van der Waals surface area contributed by atoms with E-state index in [9.17, 15) is 0 Å². The highest BCUT2D eigenvalue weighted by Crippen LogP contribution is 2.29. The van der Waals surface area contributed by atoms with Crippen LogP contribution in [0.4, 0.5) is 0 Å². The molecule has 0 aliphatic carbocycles. The molecule has 0 bridgehead atoms. The fourth-order valence-corrected chi connectivity index (χ4v) is 3.12. The zero-order valence-electron chi connectivity index (χ0n) is 11.0. The van der Waals surface area contributed by atoms with E-state index in [4.69, 9.17) is 0 Å². The molecule has 2 aromatic heterocycles. The van der Waals surface area contributed by atoms with E-state index in [1.165, 1.54) is 15.0 Å².